The highest BCUT2D eigenvalue weighted by atomic mass is 35.5. The summed E-state index contributed by atoms with van der Waals surface area (Å²) >= 11 is 12.3. The van der Waals surface area contributed by atoms with Crippen LogP contribution in [0.2, 0.25) is 5.02 Å². The molecule has 1 aromatic rings. The molecule has 0 saturated heterocycles. The van der Waals surface area contributed by atoms with Gasteiger partial charge >= 0.3 is 0 Å². The van der Waals surface area contributed by atoms with E-state index in [0.717, 1.165) is 11.3 Å². The number of ether oxygens (including phenoxy) is 1. The van der Waals surface area contributed by atoms with Crippen LogP contribution in [0.25, 0.3) is 5.70 Å². The zero-order chi connectivity index (χ0) is 15.4. The fourth-order valence-corrected chi connectivity index (χ4v) is 2.72. The predicted molar refractivity (Wildman–Crippen MR) is 86.8 cm³/mol. The fourth-order valence-electron chi connectivity index (χ4n) is 2.24. The molecule has 0 bridgehead atoms. The van der Waals surface area contributed by atoms with Crippen LogP contribution in [-0.4, -0.2) is 29.3 Å². The maximum atomic E-state index is 12.1. The summed E-state index contributed by atoms with van der Waals surface area (Å²) < 4.78 is 5.45. The molecule has 2 rings (SSSR count). The molecule has 1 unspecified atom stereocenters. The molecule has 0 N–H and O–H groups in total. The number of hydrogen-bond acceptors (Lipinski definition) is 2. The Morgan fingerprint density at radius 1 is 1.52 bits per heavy atom. The smallest absolute Gasteiger partial charge is 0.245 e. The average molecular weight is 326 g/mol. The SMILES string of the molecule is C=CCOc1ccc(C2=CCC(Cl)C(=O)N2CC)c(Cl)c1. The van der Waals surface area contributed by atoms with Crippen LogP contribution in [0.5, 0.6) is 5.75 Å². The highest BCUT2D eigenvalue weighted by Crippen LogP contribution is 2.33. The van der Waals surface area contributed by atoms with Crippen LogP contribution in [-0.2, 0) is 4.79 Å². The van der Waals surface area contributed by atoms with Crippen LogP contribution in [0.15, 0.2) is 36.9 Å². The van der Waals surface area contributed by atoms with Gasteiger partial charge in [-0.2, -0.15) is 0 Å². The molecular formula is C16H17Cl2NO2. The molecular weight excluding hydrogens is 309 g/mol. The number of benzene rings is 1. The number of rotatable bonds is 5. The third-order valence-corrected chi connectivity index (χ3v) is 3.92. The van der Waals surface area contributed by atoms with Crippen molar-refractivity contribution in [3.63, 3.8) is 0 Å². The van der Waals surface area contributed by atoms with E-state index in [1.165, 1.54) is 0 Å². The van der Waals surface area contributed by atoms with Crippen LogP contribution in [0.4, 0.5) is 0 Å². The van der Waals surface area contributed by atoms with Gasteiger partial charge in [0.1, 0.15) is 17.7 Å². The van der Waals surface area contributed by atoms with Gasteiger partial charge in [-0.25, -0.2) is 0 Å². The first-order chi connectivity index (χ1) is 10.1. The Morgan fingerprint density at radius 3 is 2.90 bits per heavy atom. The largest absolute Gasteiger partial charge is 0.490 e. The van der Waals surface area contributed by atoms with E-state index in [4.69, 9.17) is 27.9 Å². The average Bonchev–Trinajstić information content (AvgIpc) is 2.48. The lowest BCUT2D eigenvalue weighted by Gasteiger charge is -2.30. The van der Waals surface area contributed by atoms with Crippen molar-refractivity contribution in [2.24, 2.45) is 0 Å². The van der Waals surface area contributed by atoms with Gasteiger partial charge in [-0.1, -0.05) is 30.3 Å². The Labute approximate surface area is 134 Å². The molecule has 0 aliphatic carbocycles. The van der Waals surface area contributed by atoms with Gasteiger partial charge in [0.15, 0.2) is 0 Å². The van der Waals surface area contributed by atoms with E-state index in [1.54, 1.807) is 17.0 Å². The zero-order valence-corrected chi connectivity index (χ0v) is 13.3. The minimum Gasteiger partial charge on any atom is -0.490 e. The molecule has 3 nitrogen and oxygen atoms in total. The Hall–Kier alpha value is -1.45. The third kappa shape index (κ3) is 3.42. The minimum absolute atomic E-state index is 0.0836. The molecule has 112 valence electrons. The summed E-state index contributed by atoms with van der Waals surface area (Å²) in [6, 6.07) is 5.43. The third-order valence-electron chi connectivity index (χ3n) is 3.24. The molecule has 0 aromatic heterocycles. The Kier molecular flexibility index (Phi) is 5.32. The van der Waals surface area contributed by atoms with Gasteiger partial charge in [0.25, 0.3) is 0 Å². The van der Waals surface area contributed by atoms with Gasteiger partial charge in [0.05, 0.1) is 5.02 Å². The number of halogens is 2. The molecule has 1 heterocycles. The van der Waals surface area contributed by atoms with Crippen molar-refractivity contribution in [2.45, 2.75) is 18.7 Å². The van der Waals surface area contributed by atoms with E-state index in [9.17, 15) is 4.79 Å². The quantitative estimate of drug-likeness (QED) is 0.602. The lowest BCUT2D eigenvalue weighted by molar-refractivity contribution is -0.127. The maximum Gasteiger partial charge on any atom is 0.245 e. The van der Waals surface area contributed by atoms with E-state index in [0.29, 0.717) is 30.3 Å². The van der Waals surface area contributed by atoms with E-state index in [1.807, 2.05) is 25.1 Å². The summed E-state index contributed by atoms with van der Waals surface area (Å²) in [6.07, 6.45) is 4.13. The highest BCUT2D eigenvalue weighted by Gasteiger charge is 2.29. The summed E-state index contributed by atoms with van der Waals surface area (Å²) in [5, 5.41) is 0.0461. The number of amides is 1. The van der Waals surface area contributed by atoms with Gasteiger partial charge in [-0.3, -0.25) is 4.79 Å². The molecule has 1 aliphatic heterocycles. The van der Waals surface area contributed by atoms with Crippen molar-refractivity contribution in [3.05, 3.63) is 47.5 Å². The van der Waals surface area contributed by atoms with Gasteiger partial charge < -0.3 is 9.64 Å². The van der Waals surface area contributed by atoms with E-state index >= 15 is 0 Å². The van der Waals surface area contributed by atoms with Crippen molar-refractivity contribution in [1.29, 1.82) is 0 Å². The molecule has 21 heavy (non-hydrogen) atoms. The number of carbonyl (C=O) groups excluding carboxylic acids is 1. The van der Waals surface area contributed by atoms with Crippen LogP contribution in [0, 0.1) is 0 Å². The van der Waals surface area contributed by atoms with Crippen LogP contribution < -0.4 is 4.74 Å². The van der Waals surface area contributed by atoms with Crippen LogP contribution >= 0.6 is 23.2 Å². The van der Waals surface area contributed by atoms with E-state index in [2.05, 4.69) is 6.58 Å². The van der Waals surface area contributed by atoms with Gasteiger partial charge in [0, 0.05) is 17.8 Å². The first-order valence-corrected chi connectivity index (χ1v) is 7.59. The monoisotopic (exact) mass is 325 g/mol. The molecule has 0 spiro atoms. The topological polar surface area (TPSA) is 29.5 Å². The first-order valence-electron chi connectivity index (χ1n) is 6.77. The Morgan fingerprint density at radius 2 is 2.29 bits per heavy atom. The van der Waals surface area contributed by atoms with Crippen LogP contribution in [0.1, 0.15) is 18.9 Å². The molecule has 0 fully saturated rings. The number of nitrogens with zero attached hydrogens (tertiary/aromatic N) is 1. The summed E-state index contributed by atoms with van der Waals surface area (Å²) in [6.45, 7) is 6.49. The summed E-state index contributed by atoms with van der Waals surface area (Å²) in [5.41, 5.74) is 1.61. The summed E-state index contributed by atoms with van der Waals surface area (Å²) in [5.74, 6) is 0.587. The lowest BCUT2D eigenvalue weighted by atomic mass is 10.0. The normalized spacial score (nSPS) is 18.4. The maximum absolute atomic E-state index is 12.1. The number of alkyl halides is 1. The van der Waals surface area contributed by atoms with Crippen LogP contribution in [0.3, 0.4) is 0 Å². The molecule has 1 aliphatic rings. The lowest BCUT2D eigenvalue weighted by Crippen LogP contribution is -2.38. The second-order valence-corrected chi connectivity index (χ2v) is 5.55. The van der Waals surface area contributed by atoms with Crippen molar-refractivity contribution in [3.8, 4) is 5.75 Å². The Bertz CT molecular complexity index is 584. The zero-order valence-electron chi connectivity index (χ0n) is 11.8. The van der Waals surface area contributed by atoms with Gasteiger partial charge in [0.2, 0.25) is 5.91 Å². The first kappa shape index (κ1) is 15.9. The summed E-state index contributed by atoms with van der Waals surface area (Å²) in [4.78, 5) is 13.8. The molecule has 1 amide bonds. The fraction of sp³-hybridized carbons (Fsp3) is 0.312. The van der Waals surface area contributed by atoms with Crippen molar-refractivity contribution in [1.82, 2.24) is 4.90 Å². The molecule has 5 heteroatoms. The van der Waals surface area contributed by atoms with Crippen molar-refractivity contribution >= 4 is 34.8 Å². The standard InChI is InChI=1S/C16H17Cl2NO2/c1-3-9-21-11-5-6-12(14(18)10-11)15-8-7-13(17)16(20)19(15)4-2/h3,5-6,8,10,13H,1,4,7,9H2,2H3. The highest BCUT2D eigenvalue weighted by molar-refractivity contribution is 6.33. The second-order valence-electron chi connectivity index (χ2n) is 4.62. The summed E-state index contributed by atoms with van der Waals surface area (Å²) in [7, 11) is 0. The predicted octanol–water partition coefficient (Wildman–Crippen LogP) is 4.11. The molecule has 0 radical (unpaired) electrons. The molecule has 1 atom stereocenters. The van der Waals surface area contributed by atoms with Crippen molar-refractivity contribution < 1.29 is 9.53 Å². The minimum atomic E-state index is -0.498. The van der Waals surface area contributed by atoms with E-state index < -0.39 is 5.38 Å². The molecule has 1 aromatic carbocycles. The number of allylic oxidation sites excluding steroid dienone is 1. The molecule has 0 saturated carbocycles. The Balaban J connectivity index is 2.32. The number of carbonyl (C=O) groups is 1. The number of hydrogen-bond donors (Lipinski definition) is 0. The van der Waals surface area contributed by atoms with Crippen molar-refractivity contribution in [2.75, 3.05) is 13.2 Å². The van der Waals surface area contributed by atoms with Gasteiger partial charge in [-0.15, -0.1) is 11.6 Å². The van der Waals surface area contributed by atoms with Gasteiger partial charge in [-0.05, 0) is 31.5 Å². The second kappa shape index (κ2) is 7.01. The van der Waals surface area contributed by atoms with E-state index in [-0.39, 0.29) is 5.91 Å².